The lowest BCUT2D eigenvalue weighted by molar-refractivity contribution is -0.127. The van der Waals surface area contributed by atoms with Crippen molar-refractivity contribution in [2.45, 2.75) is 12.8 Å². The van der Waals surface area contributed by atoms with E-state index in [1.807, 2.05) is 29.2 Å². The highest BCUT2D eigenvalue weighted by Crippen LogP contribution is 2.15. The van der Waals surface area contributed by atoms with Crippen molar-refractivity contribution >= 4 is 44.9 Å². The Balaban J connectivity index is 1.71. The van der Waals surface area contributed by atoms with Gasteiger partial charge in [0.25, 0.3) is 0 Å². The molecule has 102 valence electrons. The lowest BCUT2D eigenvalue weighted by Gasteiger charge is -2.17. The van der Waals surface area contributed by atoms with E-state index in [2.05, 4.69) is 26.6 Å². The smallest absolute Gasteiger partial charge is 0.222 e. The second kappa shape index (κ2) is 6.86. The second-order valence-electron chi connectivity index (χ2n) is 4.38. The lowest BCUT2D eigenvalue weighted by atomic mass is 10.3. The quantitative estimate of drug-likeness (QED) is 0.825. The molecule has 1 saturated heterocycles. The maximum atomic E-state index is 11.4. The van der Waals surface area contributed by atoms with E-state index >= 15 is 0 Å². The van der Waals surface area contributed by atoms with Gasteiger partial charge in [-0.25, -0.2) is 0 Å². The SMILES string of the molecule is O=C1CCCN1CCNC(=S)Nc1cccc(Br)c1. The lowest BCUT2D eigenvalue weighted by Crippen LogP contribution is -2.37. The molecule has 1 aromatic rings. The minimum absolute atomic E-state index is 0.243. The van der Waals surface area contributed by atoms with E-state index < -0.39 is 0 Å². The van der Waals surface area contributed by atoms with Gasteiger partial charge in [0.05, 0.1) is 0 Å². The summed E-state index contributed by atoms with van der Waals surface area (Å²) in [7, 11) is 0. The highest BCUT2D eigenvalue weighted by Gasteiger charge is 2.19. The van der Waals surface area contributed by atoms with Crippen LogP contribution in [0.15, 0.2) is 28.7 Å². The van der Waals surface area contributed by atoms with Crippen LogP contribution in [0.25, 0.3) is 0 Å². The van der Waals surface area contributed by atoms with Crippen molar-refractivity contribution in [2.24, 2.45) is 0 Å². The molecule has 1 amide bonds. The fourth-order valence-electron chi connectivity index (χ4n) is 1.99. The van der Waals surface area contributed by atoms with Gasteiger partial charge in [0.1, 0.15) is 0 Å². The number of likely N-dealkylation sites (tertiary alicyclic amines) is 1. The molecule has 2 rings (SSSR count). The zero-order valence-electron chi connectivity index (χ0n) is 10.5. The van der Waals surface area contributed by atoms with Crippen LogP contribution in [0.2, 0.25) is 0 Å². The zero-order valence-corrected chi connectivity index (χ0v) is 12.9. The van der Waals surface area contributed by atoms with Crippen LogP contribution in [0.5, 0.6) is 0 Å². The molecule has 1 fully saturated rings. The minimum atomic E-state index is 0.243. The Morgan fingerprint density at radius 3 is 3.00 bits per heavy atom. The fraction of sp³-hybridized carbons (Fsp3) is 0.385. The Hall–Kier alpha value is -1.14. The number of hydrogen-bond acceptors (Lipinski definition) is 2. The Labute approximate surface area is 126 Å². The molecule has 19 heavy (non-hydrogen) atoms. The Bertz CT molecular complexity index is 481. The molecule has 0 aliphatic carbocycles. The van der Waals surface area contributed by atoms with E-state index in [0.29, 0.717) is 24.6 Å². The molecular weight excluding hydrogens is 326 g/mol. The Morgan fingerprint density at radius 1 is 1.47 bits per heavy atom. The van der Waals surface area contributed by atoms with Gasteiger partial charge in [-0.15, -0.1) is 0 Å². The van der Waals surface area contributed by atoms with Gasteiger partial charge < -0.3 is 15.5 Å². The first kappa shape index (κ1) is 14.3. The molecule has 0 aromatic heterocycles. The predicted molar refractivity (Wildman–Crippen MR) is 84.2 cm³/mol. The van der Waals surface area contributed by atoms with Gasteiger partial charge in [-0.3, -0.25) is 4.79 Å². The molecule has 1 aliphatic rings. The number of rotatable bonds is 4. The maximum absolute atomic E-state index is 11.4. The molecule has 2 N–H and O–H groups in total. The number of benzene rings is 1. The van der Waals surface area contributed by atoms with Crippen molar-refractivity contribution in [1.29, 1.82) is 0 Å². The summed E-state index contributed by atoms with van der Waals surface area (Å²) in [6.07, 6.45) is 1.65. The van der Waals surface area contributed by atoms with Crippen molar-refractivity contribution < 1.29 is 4.79 Å². The summed E-state index contributed by atoms with van der Waals surface area (Å²) in [5.41, 5.74) is 0.934. The van der Waals surface area contributed by atoms with Gasteiger partial charge in [0, 0.05) is 36.2 Å². The zero-order chi connectivity index (χ0) is 13.7. The van der Waals surface area contributed by atoms with Crippen molar-refractivity contribution in [3.63, 3.8) is 0 Å². The third-order valence-electron chi connectivity index (χ3n) is 2.92. The molecule has 0 radical (unpaired) electrons. The molecule has 4 nitrogen and oxygen atoms in total. The first-order valence-electron chi connectivity index (χ1n) is 6.23. The molecule has 1 aromatic carbocycles. The van der Waals surface area contributed by atoms with E-state index in [-0.39, 0.29) is 5.91 Å². The van der Waals surface area contributed by atoms with Crippen molar-refractivity contribution in [2.75, 3.05) is 25.0 Å². The monoisotopic (exact) mass is 341 g/mol. The van der Waals surface area contributed by atoms with Crippen LogP contribution in [-0.2, 0) is 4.79 Å². The van der Waals surface area contributed by atoms with E-state index in [1.54, 1.807) is 0 Å². The average Bonchev–Trinajstić information content (AvgIpc) is 2.75. The largest absolute Gasteiger partial charge is 0.361 e. The molecule has 0 unspecified atom stereocenters. The fourth-order valence-corrected chi connectivity index (χ4v) is 2.61. The highest BCUT2D eigenvalue weighted by molar-refractivity contribution is 9.10. The van der Waals surface area contributed by atoms with Crippen LogP contribution < -0.4 is 10.6 Å². The topological polar surface area (TPSA) is 44.4 Å². The number of thiocarbonyl (C=S) groups is 1. The number of halogens is 1. The molecule has 0 saturated carbocycles. The van der Waals surface area contributed by atoms with Crippen LogP contribution >= 0.6 is 28.1 Å². The van der Waals surface area contributed by atoms with Gasteiger partial charge in [0.2, 0.25) is 5.91 Å². The number of amides is 1. The van der Waals surface area contributed by atoms with Gasteiger partial charge in [-0.1, -0.05) is 22.0 Å². The van der Waals surface area contributed by atoms with Gasteiger partial charge in [-0.2, -0.15) is 0 Å². The van der Waals surface area contributed by atoms with Gasteiger partial charge >= 0.3 is 0 Å². The van der Waals surface area contributed by atoms with Crippen LogP contribution in [-0.4, -0.2) is 35.6 Å². The summed E-state index contributed by atoms with van der Waals surface area (Å²) in [6.45, 7) is 2.25. The molecule has 6 heteroatoms. The standard InChI is InChI=1S/C13H16BrN3OS/c14-10-3-1-4-11(9-10)16-13(19)15-6-8-17-7-2-5-12(17)18/h1,3-4,9H,2,5-8H2,(H2,15,16,19). The molecule has 0 bridgehead atoms. The number of hydrogen-bond donors (Lipinski definition) is 2. The van der Waals surface area contributed by atoms with Gasteiger partial charge in [-0.05, 0) is 36.8 Å². The number of nitrogens with zero attached hydrogens (tertiary/aromatic N) is 1. The molecular formula is C13H16BrN3OS. The van der Waals surface area contributed by atoms with E-state index in [0.717, 1.165) is 23.1 Å². The maximum Gasteiger partial charge on any atom is 0.222 e. The summed E-state index contributed by atoms with van der Waals surface area (Å²) in [5, 5.41) is 6.79. The van der Waals surface area contributed by atoms with Crippen LogP contribution in [0.4, 0.5) is 5.69 Å². The summed E-state index contributed by atoms with van der Waals surface area (Å²) < 4.78 is 1.00. The summed E-state index contributed by atoms with van der Waals surface area (Å²) in [5.74, 6) is 0.243. The summed E-state index contributed by atoms with van der Waals surface area (Å²) in [6, 6.07) is 7.80. The molecule has 0 spiro atoms. The number of nitrogens with one attached hydrogen (secondary N) is 2. The number of carbonyl (C=O) groups excluding carboxylic acids is 1. The summed E-state index contributed by atoms with van der Waals surface area (Å²) in [4.78, 5) is 13.3. The van der Waals surface area contributed by atoms with Crippen molar-refractivity contribution in [3.8, 4) is 0 Å². The van der Waals surface area contributed by atoms with Crippen LogP contribution in [0.3, 0.4) is 0 Å². The Kier molecular flexibility index (Phi) is 5.15. The van der Waals surface area contributed by atoms with E-state index in [9.17, 15) is 4.79 Å². The number of anilines is 1. The molecule has 0 atom stereocenters. The van der Waals surface area contributed by atoms with E-state index in [4.69, 9.17) is 12.2 Å². The van der Waals surface area contributed by atoms with Crippen molar-refractivity contribution in [1.82, 2.24) is 10.2 Å². The molecule has 1 heterocycles. The van der Waals surface area contributed by atoms with Gasteiger partial charge in [0.15, 0.2) is 5.11 Å². The first-order valence-corrected chi connectivity index (χ1v) is 7.43. The molecule has 1 aliphatic heterocycles. The summed E-state index contributed by atoms with van der Waals surface area (Å²) >= 11 is 8.62. The average molecular weight is 342 g/mol. The third kappa shape index (κ3) is 4.47. The van der Waals surface area contributed by atoms with E-state index in [1.165, 1.54) is 0 Å². The third-order valence-corrected chi connectivity index (χ3v) is 3.66. The van der Waals surface area contributed by atoms with Crippen LogP contribution in [0.1, 0.15) is 12.8 Å². The highest BCUT2D eigenvalue weighted by atomic mass is 79.9. The van der Waals surface area contributed by atoms with Crippen LogP contribution in [0, 0.1) is 0 Å². The van der Waals surface area contributed by atoms with Crippen molar-refractivity contribution in [3.05, 3.63) is 28.7 Å². The first-order chi connectivity index (χ1) is 9.15. The second-order valence-corrected chi connectivity index (χ2v) is 5.70. The minimum Gasteiger partial charge on any atom is -0.361 e. The predicted octanol–water partition coefficient (Wildman–Crippen LogP) is 2.36. The Morgan fingerprint density at radius 2 is 2.32 bits per heavy atom. The number of carbonyl (C=O) groups is 1. The normalized spacial score (nSPS) is 14.6.